The number of nitrogens with zero attached hydrogens (tertiary/aromatic N) is 3. The van der Waals surface area contributed by atoms with Gasteiger partial charge in [0.25, 0.3) is 5.88 Å². The minimum atomic E-state index is -4.46. The molecule has 1 N–H and O–H groups in total. The fourth-order valence-electron chi connectivity index (χ4n) is 4.16. The zero-order valence-corrected chi connectivity index (χ0v) is 19.0. The van der Waals surface area contributed by atoms with E-state index in [1.807, 2.05) is 19.1 Å². The average Bonchev–Trinajstić information content (AvgIpc) is 2.76. The number of rotatable bonds is 5. The molecule has 0 bridgehead atoms. The van der Waals surface area contributed by atoms with E-state index in [4.69, 9.17) is 22.1 Å². The van der Waals surface area contributed by atoms with Crippen LogP contribution in [0.4, 0.5) is 18.9 Å². The van der Waals surface area contributed by atoms with Crippen LogP contribution in [-0.4, -0.2) is 47.7 Å². The van der Waals surface area contributed by atoms with Gasteiger partial charge in [0.15, 0.2) is 5.75 Å². The Morgan fingerprint density at radius 1 is 1.16 bits per heavy atom. The van der Waals surface area contributed by atoms with Crippen LogP contribution in [0.5, 0.6) is 11.6 Å². The number of thiol groups is 1. The molecule has 2 aliphatic heterocycles. The monoisotopic (exact) mass is 468 g/mol. The molecule has 2 aromatic heterocycles. The van der Waals surface area contributed by atoms with Gasteiger partial charge < -0.3 is 14.8 Å². The molecule has 4 heterocycles. The lowest BCUT2D eigenvalue weighted by Crippen LogP contribution is -2.47. The fourth-order valence-corrected chi connectivity index (χ4v) is 4.47. The second-order valence-corrected chi connectivity index (χ2v) is 9.30. The van der Waals surface area contributed by atoms with Crippen molar-refractivity contribution >= 4 is 18.3 Å². The Labute approximate surface area is 190 Å². The summed E-state index contributed by atoms with van der Waals surface area (Å²) in [6.45, 7) is 6.72. The Hall–Kier alpha value is -2.20. The van der Waals surface area contributed by atoms with Gasteiger partial charge in [0.2, 0.25) is 0 Å². The normalized spacial score (nSPS) is 21.1. The fraction of sp³-hybridized carbons (Fsp3) is 0.545. The number of fused-ring (bicyclic) bond motifs is 1. The lowest BCUT2D eigenvalue weighted by atomic mass is 9.95. The number of hydrogen-bond acceptors (Lipinski definition) is 7. The third-order valence-corrected chi connectivity index (χ3v) is 6.38. The van der Waals surface area contributed by atoms with Crippen LogP contribution in [-0.2, 0) is 11.0 Å². The number of pyridine rings is 2. The van der Waals surface area contributed by atoms with Crippen LogP contribution in [0.1, 0.15) is 36.8 Å². The van der Waals surface area contributed by atoms with Gasteiger partial charge in [-0.2, -0.15) is 25.8 Å². The second kappa shape index (κ2) is 8.97. The summed E-state index contributed by atoms with van der Waals surface area (Å²) in [4.78, 5) is 9.86. The van der Waals surface area contributed by atoms with Gasteiger partial charge in [-0.05, 0) is 63.4 Å². The average molecular weight is 469 g/mol. The molecule has 0 spiro atoms. The molecule has 6 nitrogen and oxygen atoms in total. The van der Waals surface area contributed by atoms with Crippen molar-refractivity contribution in [2.75, 3.05) is 38.2 Å². The molecule has 1 saturated heterocycles. The summed E-state index contributed by atoms with van der Waals surface area (Å²) in [6, 6.07) is 6.46. The highest BCUT2D eigenvalue weighted by Crippen LogP contribution is 2.38. The second-order valence-electron chi connectivity index (χ2n) is 8.43. The lowest BCUT2D eigenvalue weighted by Gasteiger charge is -2.42. The molecule has 32 heavy (non-hydrogen) atoms. The maximum atomic E-state index is 13.1. The van der Waals surface area contributed by atoms with E-state index in [0.717, 1.165) is 37.7 Å². The van der Waals surface area contributed by atoms with E-state index < -0.39 is 16.7 Å². The summed E-state index contributed by atoms with van der Waals surface area (Å²) in [5.41, 5.74) is 0.667. The van der Waals surface area contributed by atoms with Crippen molar-refractivity contribution in [3.05, 3.63) is 41.3 Å². The Bertz CT molecular complexity index is 971. The Kier molecular flexibility index (Phi) is 6.44. The van der Waals surface area contributed by atoms with Gasteiger partial charge in [0.1, 0.15) is 23.8 Å². The number of ether oxygens (including phenoxy) is 2. The summed E-state index contributed by atoms with van der Waals surface area (Å²) in [6.07, 6.45) is -2.51. The van der Waals surface area contributed by atoms with Crippen molar-refractivity contribution in [1.82, 2.24) is 14.9 Å². The van der Waals surface area contributed by atoms with Crippen molar-refractivity contribution in [1.29, 1.82) is 0 Å². The number of aromatic nitrogens is 2. The smallest absolute Gasteiger partial charge is 0.433 e. The highest BCUT2D eigenvalue weighted by Gasteiger charge is 2.36. The van der Waals surface area contributed by atoms with E-state index in [1.54, 1.807) is 13.0 Å². The lowest BCUT2D eigenvalue weighted by molar-refractivity contribution is -0.141. The first kappa shape index (κ1) is 23.0. The third-order valence-electron chi connectivity index (χ3n) is 5.86. The number of alkyl halides is 3. The molecule has 0 aliphatic carbocycles. The predicted octanol–water partition coefficient (Wildman–Crippen LogP) is 4.50. The minimum absolute atomic E-state index is 0.259. The van der Waals surface area contributed by atoms with Gasteiger partial charge >= 0.3 is 6.18 Å². The molecule has 10 heteroatoms. The Morgan fingerprint density at radius 2 is 1.94 bits per heavy atom. The molecule has 2 aromatic rings. The summed E-state index contributed by atoms with van der Waals surface area (Å²) < 4.78 is 50.4. The van der Waals surface area contributed by atoms with Gasteiger partial charge in [0, 0.05) is 24.5 Å². The SMILES string of the molecule is Cc1cc(NC[C@H]2CCCN([C@@](C)(S)c3ccc4c(n3)OCCO4)C2)cc(C(F)(F)F)n1. The number of likely N-dealkylation sites (tertiary alicyclic amines) is 1. The Balaban J connectivity index is 1.43. The van der Waals surface area contributed by atoms with Gasteiger partial charge in [0.05, 0.1) is 5.69 Å². The molecular weight excluding hydrogens is 441 g/mol. The molecule has 1 fully saturated rings. The first-order valence-electron chi connectivity index (χ1n) is 10.7. The Morgan fingerprint density at radius 3 is 2.72 bits per heavy atom. The molecule has 2 aliphatic rings. The van der Waals surface area contributed by atoms with Crippen LogP contribution in [0.25, 0.3) is 0 Å². The summed E-state index contributed by atoms with van der Waals surface area (Å²) in [5, 5.41) is 3.18. The first-order valence-corrected chi connectivity index (χ1v) is 11.1. The highest BCUT2D eigenvalue weighted by molar-refractivity contribution is 7.81. The van der Waals surface area contributed by atoms with Crippen molar-refractivity contribution in [2.24, 2.45) is 5.92 Å². The number of hydrogen-bond donors (Lipinski definition) is 2. The van der Waals surface area contributed by atoms with Crippen molar-refractivity contribution in [3.8, 4) is 11.6 Å². The molecule has 2 atom stereocenters. The van der Waals surface area contributed by atoms with Gasteiger partial charge in [-0.25, -0.2) is 9.97 Å². The summed E-state index contributed by atoms with van der Waals surface area (Å²) in [7, 11) is 0. The molecule has 0 unspecified atom stereocenters. The largest absolute Gasteiger partial charge is 0.484 e. The van der Waals surface area contributed by atoms with Crippen LogP contribution >= 0.6 is 12.6 Å². The van der Waals surface area contributed by atoms with Crippen molar-refractivity contribution in [3.63, 3.8) is 0 Å². The molecular formula is C22H27F3N4O2S. The first-order chi connectivity index (χ1) is 15.1. The van der Waals surface area contributed by atoms with E-state index in [1.165, 1.54) is 0 Å². The van der Waals surface area contributed by atoms with Gasteiger partial charge in [-0.3, -0.25) is 4.90 Å². The van der Waals surface area contributed by atoms with Gasteiger partial charge in [-0.1, -0.05) is 0 Å². The maximum Gasteiger partial charge on any atom is 0.433 e. The van der Waals surface area contributed by atoms with Crippen molar-refractivity contribution in [2.45, 2.75) is 37.7 Å². The zero-order valence-electron chi connectivity index (χ0n) is 18.1. The number of nitrogens with one attached hydrogen (secondary N) is 1. The van der Waals surface area contributed by atoms with E-state index >= 15 is 0 Å². The predicted molar refractivity (Wildman–Crippen MR) is 118 cm³/mol. The topological polar surface area (TPSA) is 59.5 Å². The van der Waals surface area contributed by atoms with Crippen LogP contribution in [0.15, 0.2) is 24.3 Å². The van der Waals surface area contributed by atoms with Gasteiger partial charge in [-0.15, -0.1) is 0 Å². The molecule has 174 valence electrons. The standard InChI is InChI=1S/C22H27F3N4O2S/c1-14-10-16(11-19(27-14)22(23,24)25)26-12-15-4-3-7-29(13-15)21(2,32)18-6-5-17-20(28-18)31-9-8-30-17/h5-6,10-11,15,32H,3-4,7-9,12-13H2,1-2H3,(H,26,27)/t15-,21+/m1/s1. The van der Waals surface area contributed by atoms with E-state index in [9.17, 15) is 13.2 Å². The van der Waals surface area contributed by atoms with Crippen LogP contribution < -0.4 is 14.8 Å². The number of halogens is 3. The number of anilines is 1. The molecule has 4 rings (SSSR count). The maximum absolute atomic E-state index is 13.1. The molecule has 0 aromatic carbocycles. The molecule has 0 saturated carbocycles. The van der Waals surface area contributed by atoms with Crippen LogP contribution in [0.3, 0.4) is 0 Å². The molecule has 0 amide bonds. The van der Waals surface area contributed by atoms with Crippen LogP contribution in [0.2, 0.25) is 0 Å². The quantitative estimate of drug-likeness (QED) is 0.630. The zero-order chi connectivity index (χ0) is 22.9. The minimum Gasteiger partial charge on any atom is -0.484 e. The van der Waals surface area contributed by atoms with Crippen LogP contribution in [0, 0.1) is 12.8 Å². The van der Waals surface area contributed by atoms with E-state index in [0.29, 0.717) is 42.8 Å². The van der Waals surface area contributed by atoms with Crippen molar-refractivity contribution < 1.29 is 22.6 Å². The van der Waals surface area contributed by atoms with E-state index in [2.05, 4.69) is 20.2 Å². The number of piperidine rings is 1. The highest BCUT2D eigenvalue weighted by atomic mass is 32.1. The third kappa shape index (κ3) is 5.06. The summed E-state index contributed by atoms with van der Waals surface area (Å²) in [5.74, 6) is 1.38. The summed E-state index contributed by atoms with van der Waals surface area (Å²) >= 11 is 4.94. The number of aryl methyl sites for hydroxylation is 1. The van der Waals surface area contributed by atoms with E-state index in [-0.39, 0.29) is 5.92 Å². The molecule has 0 radical (unpaired) electrons.